The van der Waals surface area contributed by atoms with E-state index in [1.165, 1.54) is 4.90 Å². The number of likely N-dealkylation sites (tertiary alicyclic amines) is 1. The van der Waals surface area contributed by atoms with Gasteiger partial charge in [0.2, 0.25) is 0 Å². The number of aliphatic carboxylic acids is 1. The predicted octanol–water partition coefficient (Wildman–Crippen LogP) is 1.82. The molecule has 1 fully saturated rings. The molecule has 25 heavy (non-hydrogen) atoms. The lowest BCUT2D eigenvalue weighted by Crippen LogP contribution is -2.50. The fourth-order valence-electron chi connectivity index (χ4n) is 2.89. The molecule has 0 radical (unpaired) electrons. The third kappa shape index (κ3) is 5.35. The maximum absolute atomic E-state index is 12.2. The molecule has 3 amide bonds. The lowest BCUT2D eigenvalue weighted by Gasteiger charge is -2.34. The van der Waals surface area contributed by atoms with Gasteiger partial charge in [0.05, 0.1) is 16.5 Å². The average Bonchev–Trinajstić information content (AvgIpc) is 2.58. The Morgan fingerprint density at radius 1 is 1.20 bits per heavy atom. The number of hydrogen-bond donors (Lipinski definition) is 3. The first-order chi connectivity index (χ1) is 11.9. The second-order valence-electron chi connectivity index (χ2n) is 6.25. The zero-order valence-electron chi connectivity index (χ0n) is 14.0. The summed E-state index contributed by atoms with van der Waals surface area (Å²) < 4.78 is 0. The second-order valence-corrected chi connectivity index (χ2v) is 6.66. The Morgan fingerprint density at radius 2 is 1.88 bits per heavy atom. The number of urea groups is 1. The highest BCUT2D eigenvalue weighted by molar-refractivity contribution is 6.33. The zero-order valence-corrected chi connectivity index (χ0v) is 14.8. The summed E-state index contributed by atoms with van der Waals surface area (Å²) in [4.78, 5) is 36.8. The number of benzene rings is 1. The number of carbonyl (C=O) groups excluding carboxylic acids is 2. The predicted molar refractivity (Wildman–Crippen MR) is 93.7 cm³/mol. The van der Waals surface area contributed by atoms with Crippen molar-refractivity contribution < 1.29 is 19.5 Å². The first-order valence-electron chi connectivity index (χ1n) is 8.16. The molecule has 0 saturated carbocycles. The standard InChI is InChI=1S/C17H22ClN3O4/c1-11-8-12(16(23)24)10-21(9-11)17(25)20-7-6-19-15(22)13-4-2-3-5-14(13)18/h2-5,11-12H,6-10H2,1H3,(H,19,22)(H,20,25)(H,23,24). The third-order valence-corrected chi connectivity index (χ3v) is 4.43. The number of nitrogens with one attached hydrogen (secondary N) is 2. The molecule has 1 aliphatic rings. The molecule has 1 aromatic carbocycles. The molecule has 0 aliphatic carbocycles. The van der Waals surface area contributed by atoms with Crippen LogP contribution in [0, 0.1) is 11.8 Å². The van der Waals surface area contributed by atoms with Crippen LogP contribution in [-0.4, -0.2) is 54.1 Å². The van der Waals surface area contributed by atoms with Crippen molar-refractivity contribution in [1.82, 2.24) is 15.5 Å². The van der Waals surface area contributed by atoms with Gasteiger partial charge in [-0.3, -0.25) is 9.59 Å². The molecule has 1 heterocycles. The van der Waals surface area contributed by atoms with Crippen LogP contribution in [0.2, 0.25) is 5.02 Å². The van der Waals surface area contributed by atoms with Crippen molar-refractivity contribution in [3.8, 4) is 0 Å². The van der Waals surface area contributed by atoms with E-state index >= 15 is 0 Å². The molecular formula is C17H22ClN3O4. The fraction of sp³-hybridized carbons (Fsp3) is 0.471. The number of carbonyl (C=O) groups is 3. The maximum atomic E-state index is 12.2. The van der Waals surface area contributed by atoms with Crippen LogP contribution in [0.5, 0.6) is 0 Å². The van der Waals surface area contributed by atoms with Gasteiger partial charge in [-0.2, -0.15) is 0 Å². The number of amides is 3. The van der Waals surface area contributed by atoms with Crippen LogP contribution in [0.25, 0.3) is 0 Å². The summed E-state index contributed by atoms with van der Waals surface area (Å²) in [7, 11) is 0. The Kier molecular flexibility index (Phi) is 6.64. The van der Waals surface area contributed by atoms with Gasteiger partial charge in [0.15, 0.2) is 0 Å². The van der Waals surface area contributed by atoms with Gasteiger partial charge in [0.1, 0.15) is 0 Å². The van der Waals surface area contributed by atoms with Crippen LogP contribution in [0.1, 0.15) is 23.7 Å². The van der Waals surface area contributed by atoms with E-state index in [4.69, 9.17) is 16.7 Å². The van der Waals surface area contributed by atoms with Crippen molar-refractivity contribution in [2.45, 2.75) is 13.3 Å². The highest BCUT2D eigenvalue weighted by Crippen LogP contribution is 2.21. The zero-order chi connectivity index (χ0) is 18.4. The van der Waals surface area contributed by atoms with Gasteiger partial charge < -0.3 is 20.6 Å². The molecule has 1 aliphatic heterocycles. The Morgan fingerprint density at radius 3 is 2.56 bits per heavy atom. The van der Waals surface area contributed by atoms with Crippen LogP contribution >= 0.6 is 11.6 Å². The molecule has 0 spiro atoms. The lowest BCUT2D eigenvalue weighted by atomic mass is 9.91. The molecule has 1 saturated heterocycles. The first kappa shape index (κ1) is 19.1. The molecule has 2 atom stereocenters. The minimum atomic E-state index is -0.878. The Bertz CT molecular complexity index is 653. The topological polar surface area (TPSA) is 98.7 Å². The van der Waals surface area contributed by atoms with Gasteiger partial charge in [0, 0.05) is 26.2 Å². The van der Waals surface area contributed by atoms with Gasteiger partial charge in [-0.15, -0.1) is 0 Å². The molecular weight excluding hydrogens is 346 g/mol. The summed E-state index contributed by atoms with van der Waals surface area (Å²) in [5, 5.41) is 14.9. The number of carboxylic acids is 1. The van der Waals surface area contributed by atoms with E-state index in [1.54, 1.807) is 24.3 Å². The smallest absolute Gasteiger partial charge is 0.317 e. The summed E-state index contributed by atoms with van der Waals surface area (Å²) in [6.07, 6.45) is 0.576. The van der Waals surface area contributed by atoms with E-state index in [9.17, 15) is 14.4 Å². The first-order valence-corrected chi connectivity index (χ1v) is 8.54. The van der Waals surface area contributed by atoms with Gasteiger partial charge >= 0.3 is 12.0 Å². The van der Waals surface area contributed by atoms with Crippen molar-refractivity contribution in [3.05, 3.63) is 34.9 Å². The molecule has 2 unspecified atom stereocenters. The Hall–Kier alpha value is -2.28. The van der Waals surface area contributed by atoms with E-state index in [1.807, 2.05) is 6.92 Å². The molecule has 136 valence electrons. The minimum absolute atomic E-state index is 0.139. The lowest BCUT2D eigenvalue weighted by molar-refractivity contribution is -0.143. The van der Waals surface area contributed by atoms with E-state index in [-0.39, 0.29) is 37.5 Å². The normalized spacial score (nSPS) is 20.0. The number of halogens is 1. The van der Waals surface area contributed by atoms with Gasteiger partial charge in [-0.05, 0) is 24.5 Å². The minimum Gasteiger partial charge on any atom is -0.481 e. The number of nitrogens with zero attached hydrogens (tertiary/aromatic N) is 1. The number of piperidine rings is 1. The van der Waals surface area contributed by atoms with Gasteiger partial charge in [-0.1, -0.05) is 30.7 Å². The average molecular weight is 368 g/mol. The van der Waals surface area contributed by atoms with Crippen molar-refractivity contribution >= 4 is 29.5 Å². The highest BCUT2D eigenvalue weighted by atomic mass is 35.5. The van der Waals surface area contributed by atoms with Crippen LogP contribution in [-0.2, 0) is 4.79 Å². The number of hydrogen-bond acceptors (Lipinski definition) is 3. The molecule has 7 nitrogen and oxygen atoms in total. The maximum Gasteiger partial charge on any atom is 0.317 e. The largest absolute Gasteiger partial charge is 0.481 e. The van der Waals surface area contributed by atoms with Crippen molar-refractivity contribution in [1.29, 1.82) is 0 Å². The quantitative estimate of drug-likeness (QED) is 0.691. The molecule has 2 rings (SSSR count). The van der Waals surface area contributed by atoms with Crippen molar-refractivity contribution in [3.63, 3.8) is 0 Å². The second kappa shape index (κ2) is 8.71. The van der Waals surface area contributed by atoms with Gasteiger partial charge in [-0.25, -0.2) is 4.79 Å². The number of rotatable bonds is 5. The summed E-state index contributed by atoms with van der Waals surface area (Å²) in [6, 6.07) is 6.40. The van der Waals surface area contributed by atoms with E-state index in [2.05, 4.69) is 10.6 Å². The van der Waals surface area contributed by atoms with Crippen LogP contribution in [0.15, 0.2) is 24.3 Å². The van der Waals surface area contributed by atoms with E-state index in [0.717, 1.165) is 0 Å². The monoisotopic (exact) mass is 367 g/mol. The van der Waals surface area contributed by atoms with Gasteiger partial charge in [0.25, 0.3) is 5.91 Å². The highest BCUT2D eigenvalue weighted by Gasteiger charge is 2.31. The third-order valence-electron chi connectivity index (χ3n) is 4.10. The number of carboxylic acid groups (broad SMARTS) is 1. The van der Waals surface area contributed by atoms with Crippen molar-refractivity contribution in [2.75, 3.05) is 26.2 Å². The molecule has 3 N–H and O–H groups in total. The van der Waals surface area contributed by atoms with E-state index in [0.29, 0.717) is 23.6 Å². The van der Waals surface area contributed by atoms with Crippen LogP contribution in [0.3, 0.4) is 0 Å². The fourth-order valence-corrected chi connectivity index (χ4v) is 3.12. The molecule has 1 aromatic rings. The molecule has 8 heteroatoms. The van der Waals surface area contributed by atoms with Crippen LogP contribution < -0.4 is 10.6 Å². The Balaban J connectivity index is 1.76. The summed E-state index contributed by atoms with van der Waals surface area (Å²) in [5.41, 5.74) is 0.379. The van der Waals surface area contributed by atoms with Crippen LogP contribution in [0.4, 0.5) is 4.79 Å². The summed E-state index contributed by atoms with van der Waals surface area (Å²) in [5.74, 6) is -1.58. The SMILES string of the molecule is CC1CC(C(=O)O)CN(C(=O)NCCNC(=O)c2ccccc2Cl)C1. The van der Waals surface area contributed by atoms with E-state index < -0.39 is 11.9 Å². The molecule has 0 aromatic heterocycles. The summed E-state index contributed by atoms with van der Waals surface area (Å²) >= 11 is 5.95. The molecule has 0 bridgehead atoms. The summed E-state index contributed by atoms with van der Waals surface area (Å²) in [6.45, 7) is 3.16. The van der Waals surface area contributed by atoms with Crippen molar-refractivity contribution in [2.24, 2.45) is 11.8 Å². The Labute approximate surface area is 151 Å².